The largest absolute Gasteiger partial charge is 0.384 e. The second kappa shape index (κ2) is 6.12. The third kappa shape index (κ3) is 3.26. The van der Waals surface area contributed by atoms with Crippen LogP contribution in [0.3, 0.4) is 0 Å². The summed E-state index contributed by atoms with van der Waals surface area (Å²) in [6.07, 6.45) is 3.57. The molecule has 0 fully saturated rings. The molecular weight excluding hydrogens is 216 g/mol. The molecular formula is C12H22N4O. The number of rotatable bonds is 6. The minimum atomic E-state index is 0.531. The van der Waals surface area contributed by atoms with Gasteiger partial charge in [0.2, 0.25) is 0 Å². The van der Waals surface area contributed by atoms with Gasteiger partial charge in [0, 0.05) is 33.2 Å². The average molecular weight is 238 g/mol. The van der Waals surface area contributed by atoms with Crippen molar-refractivity contribution in [2.24, 2.45) is 5.92 Å². The van der Waals surface area contributed by atoms with Crippen molar-refractivity contribution >= 4 is 0 Å². The molecule has 1 atom stereocenters. The fourth-order valence-electron chi connectivity index (χ4n) is 2.27. The Hall–Kier alpha value is -0.940. The molecule has 0 saturated carbocycles. The predicted octanol–water partition coefficient (Wildman–Crippen LogP) is 0.986. The Morgan fingerprint density at radius 1 is 1.41 bits per heavy atom. The summed E-state index contributed by atoms with van der Waals surface area (Å²) in [4.78, 5) is 0. The number of nitrogens with zero attached hydrogens (tertiary/aromatic N) is 3. The quantitative estimate of drug-likeness (QED) is 0.803. The molecule has 2 heterocycles. The lowest BCUT2D eigenvalue weighted by Crippen LogP contribution is -2.25. The fourth-order valence-corrected chi connectivity index (χ4v) is 2.27. The minimum absolute atomic E-state index is 0.531. The van der Waals surface area contributed by atoms with Crippen LogP contribution in [0, 0.1) is 5.92 Å². The Morgan fingerprint density at radius 2 is 2.29 bits per heavy atom. The monoisotopic (exact) mass is 238 g/mol. The third-order valence-electron chi connectivity index (χ3n) is 3.16. The molecule has 0 aliphatic carbocycles. The molecule has 96 valence electrons. The van der Waals surface area contributed by atoms with Gasteiger partial charge in [0.15, 0.2) is 0 Å². The molecule has 0 amide bonds. The van der Waals surface area contributed by atoms with E-state index in [4.69, 9.17) is 4.74 Å². The first-order valence-corrected chi connectivity index (χ1v) is 6.42. The van der Waals surface area contributed by atoms with Gasteiger partial charge in [0.25, 0.3) is 0 Å². The minimum Gasteiger partial charge on any atom is -0.384 e. The van der Waals surface area contributed by atoms with Crippen LogP contribution >= 0.6 is 0 Å². The Morgan fingerprint density at radius 3 is 3.12 bits per heavy atom. The molecule has 2 rings (SSSR count). The van der Waals surface area contributed by atoms with Gasteiger partial charge in [-0.3, -0.25) is 0 Å². The van der Waals surface area contributed by atoms with Crippen molar-refractivity contribution in [3.05, 3.63) is 11.6 Å². The number of aryl methyl sites for hydroxylation is 1. The maximum atomic E-state index is 5.11. The highest BCUT2D eigenvalue weighted by Gasteiger charge is 2.15. The van der Waals surface area contributed by atoms with Gasteiger partial charge in [-0.2, -0.15) is 0 Å². The molecule has 5 heteroatoms. The van der Waals surface area contributed by atoms with Crippen molar-refractivity contribution in [1.82, 2.24) is 20.1 Å². The summed E-state index contributed by atoms with van der Waals surface area (Å²) < 4.78 is 7.37. The van der Waals surface area contributed by atoms with E-state index in [1.807, 2.05) is 0 Å². The molecule has 0 spiro atoms. The lowest BCUT2D eigenvalue weighted by Gasteiger charge is -2.15. The van der Waals surface area contributed by atoms with Crippen LogP contribution in [0.4, 0.5) is 0 Å². The van der Waals surface area contributed by atoms with Gasteiger partial charge >= 0.3 is 0 Å². The summed E-state index contributed by atoms with van der Waals surface area (Å²) in [5, 5.41) is 11.9. The summed E-state index contributed by atoms with van der Waals surface area (Å²) in [7, 11) is 1.74. The van der Waals surface area contributed by atoms with Gasteiger partial charge < -0.3 is 14.6 Å². The highest BCUT2D eigenvalue weighted by atomic mass is 16.5. The summed E-state index contributed by atoms with van der Waals surface area (Å²) in [5.74, 6) is 2.76. The SMILES string of the molecule is COCC(C)CNCc1nnc2n1CCCC2. The Balaban J connectivity index is 1.81. The molecule has 1 N–H and O–H groups in total. The van der Waals surface area contributed by atoms with Gasteiger partial charge in [0.05, 0.1) is 6.54 Å². The van der Waals surface area contributed by atoms with Gasteiger partial charge in [0.1, 0.15) is 11.6 Å². The molecule has 1 aromatic rings. The maximum Gasteiger partial charge on any atom is 0.147 e. The van der Waals surface area contributed by atoms with Crippen LogP contribution in [0.15, 0.2) is 0 Å². The molecule has 17 heavy (non-hydrogen) atoms. The van der Waals surface area contributed by atoms with Gasteiger partial charge in [-0.25, -0.2) is 0 Å². The molecule has 0 bridgehead atoms. The first-order valence-electron chi connectivity index (χ1n) is 6.42. The van der Waals surface area contributed by atoms with E-state index in [2.05, 4.69) is 27.0 Å². The summed E-state index contributed by atoms with van der Waals surface area (Å²) in [6.45, 7) is 5.81. The highest BCUT2D eigenvalue weighted by Crippen LogP contribution is 2.13. The maximum absolute atomic E-state index is 5.11. The zero-order chi connectivity index (χ0) is 12.1. The van der Waals surface area contributed by atoms with Crippen molar-refractivity contribution < 1.29 is 4.74 Å². The second-order valence-electron chi connectivity index (χ2n) is 4.83. The topological polar surface area (TPSA) is 52.0 Å². The lowest BCUT2D eigenvalue weighted by molar-refractivity contribution is 0.158. The van der Waals surface area contributed by atoms with Crippen LogP contribution in [0.1, 0.15) is 31.4 Å². The van der Waals surface area contributed by atoms with Gasteiger partial charge in [-0.1, -0.05) is 6.92 Å². The van der Waals surface area contributed by atoms with E-state index in [0.29, 0.717) is 5.92 Å². The molecule has 1 aliphatic heterocycles. The molecule has 0 saturated heterocycles. The van der Waals surface area contributed by atoms with Crippen LogP contribution in [0.25, 0.3) is 0 Å². The molecule has 0 aromatic carbocycles. The lowest BCUT2D eigenvalue weighted by atomic mass is 10.1. The summed E-state index contributed by atoms with van der Waals surface area (Å²) in [5.41, 5.74) is 0. The van der Waals surface area contributed by atoms with Gasteiger partial charge in [-0.15, -0.1) is 10.2 Å². The molecule has 1 aromatic heterocycles. The molecule has 1 aliphatic rings. The standard InChI is InChI=1S/C12H22N4O/c1-10(9-17-2)7-13-8-12-15-14-11-5-3-4-6-16(11)12/h10,13H,3-9H2,1-2H3. The Bertz CT molecular complexity index is 350. The average Bonchev–Trinajstić information content (AvgIpc) is 2.73. The van der Waals surface area contributed by atoms with Crippen molar-refractivity contribution in [3.63, 3.8) is 0 Å². The van der Waals surface area contributed by atoms with E-state index in [-0.39, 0.29) is 0 Å². The van der Waals surface area contributed by atoms with Crippen LogP contribution in [0.2, 0.25) is 0 Å². The first-order chi connectivity index (χ1) is 8.31. The van der Waals surface area contributed by atoms with E-state index in [0.717, 1.165) is 44.3 Å². The smallest absolute Gasteiger partial charge is 0.147 e. The van der Waals surface area contributed by atoms with Crippen LogP contribution in [0.5, 0.6) is 0 Å². The van der Waals surface area contributed by atoms with E-state index >= 15 is 0 Å². The molecule has 1 unspecified atom stereocenters. The van der Waals surface area contributed by atoms with E-state index in [9.17, 15) is 0 Å². The van der Waals surface area contributed by atoms with Crippen LogP contribution in [-0.4, -0.2) is 35.0 Å². The number of hydrogen-bond donors (Lipinski definition) is 1. The van der Waals surface area contributed by atoms with E-state index < -0.39 is 0 Å². The number of ether oxygens (including phenoxy) is 1. The van der Waals surface area contributed by atoms with Crippen molar-refractivity contribution in [2.75, 3.05) is 20.3 Å². The Kier molecular flexibility index (Phi) is 4.50. The highest BCUT2D eigenvalue weighted by molar-refractivity contribution is 4.98. The van der Waals surface area contributed by atoms with E-state index in [1.54, 1.807) is 7.11 Å². The number of fused-ring (bicyclic) bond motifs is 1. The summed E-state index contributed by atoms with van der Waals surface area (Å²) >= 11 is 0. The first kappa shape index (κ1) is 12.5. The normalized spacial score (nSPS) is 16.8. The molecule has 0 radical (unpaired) electrons. The number of methoxy groups -OCH3 is 1. The van der Waals surface area contributed by atoms with Crippen LogP contribution in [-0.2, 0) is 24.2 Å². The number of nitrogens with one attached hydrogen (secondary N) is 1. The van der Waals surface area contributed by atoms with Crippen molar-refractivity contribution in [3.8, 4) is 0 Å². The van der Waals surface area contributed by atoms with Crippen molar-refractivity contribution in [1.29, 1.82) is 0 Å². The zero-order valence-corrected chi connectivity index (χ0v) is 10.8. The summed E-state index contributed by atoms with van der Waals surface area (Å²) in [6, 6.07) is 0. The predicted molar refractivity (Wildman–Crippen MR) is 65.7 cm³/mol. The van der Waals surface area contributed by atoms with Gasteiger partial charge in [-0.05, 0) is 18.8 Å². The fraction of sp³-hybridized carbons (Fsp3) is 0.833. The number of aromatic nitrogens is 3. The van der Waals surface area contributed by atoms with E-state index in [1.165, 1.54) is 12.8 Å². The number of hydrogen-bond acceptors (Lipinski definition) is 4. The second-order valence-corrected chi connectivity index (χ2v) is 4.83. The Labute approximate surface area is 103 Å². The molecule has 5 nitrogen and oxygen atoms in total. The third-order valence-corrected chi connectivity index (χ3v) is 3.16. The van der Waals surface area contributed by atoms with Crippen molar-refractivity contribution in [2.45, 2.75) is 39.3 Å². The van der Waals surface area contributed by atoms with Crippen LogP contribution < -0.4 is 5.32 Å². The zero-order valence-electron chi connectivity index (χ0n) is 10.8.